The smallest absolute Gasteiger partial charge is 0.434 e. The fourth-order valence-electron chi connectivity index (χ4n) is 4.82. The van der Waals surface area contributed by atoms with Crippen molar-refractivity contribution in [3.8, 4) is 28.5 Å². The van der Waals surface area contributed by atoms with E-state index in [2.05, 4.69) is 15.1 Å². The van der Waals surface area contributed by atoms with E-state index in [0.717, 1.165) is 11.8 Å². The van der Waals surface area contributed by atoms with E-state index in [0.29, 0.717) is 65.1 Å². The maximum absolute atomic E-state index is 13.3. The van der Waals surface area contributed by atoms with E-state index < -0.39 is 11.9 Å². The number of pyridine rings is 1. The number of benzene rings is 1. The van der Waals surface area contributed by atoms with Crippen LogP contribution in [0, 0.1) is 0 Å². The Morgan fingerprint density at radius 3 is 2.54 bits per heavy atom. The molecule has 0 saturated carbocycles. The average molecular weight is 586 g/mol. The highest BCUT2D eigenvalue weighted by molar-refractivity contribution is 6.33. The molecule has 5 aromatic rings. The molecule has 9 nitrogen and oxygen atoms in total. The lowest BCUT2D eigenvalue weighted by Crippen LogP contribution is -2.38. The summed E-state index contributed by atoms with van der Waals surface area (Å²) in [4.78, 5) is 8.51. The normalized spacial score (nSPS) is 14.2. The Kier molecular flexibility index (Phi) is 6.98. The van der Waals surface area contributed by atoms with E-state index in [9.17, 15) is 13.2 Å². The number of aromatic nitrogens is 7. The lowest BCUT2D eigenvalue weighted by atomic mass is 10.1. The van der Waals surface area contributed by atoms with Gasteiger partial charge in [0.15, 0.2) is 5.69 Å². The Morgan fingerprint density at radius 1 is 1.15 bits per heavy atom. The molecule has 0 radical (unpaired) electrons. The molecular formula is C28H27ClF3N7O2. The summed E-state index contributed by atoms with van der Waals surface area (Å²) in [5, 5.41) is 9.83. The van der Waals surface area contributed by atoms with Gasteiger partial charge in [0.05, 0.1) is 31.0 Å². The van der Waals surface area contributed by atoms with Crippen LogP contribution in [0.5, 0.6) is 5.75 Å². The van der Waals surface area contributed by atoms with Crippen LogP contribution in [0.4, 0.5) is 13.2 Å². The maximum atomic E-state index is 13.3. The highest BCUT2D eigenvalue weighted by atomic mass is 35.5. The van der Waals surface area contributed by atoms with E-state index in [1.54, 1.807) is 37.5 Å². The number of halogens is 4. The van der Waals surface area contributed by atoms with Gasteiger partial charge in [0.1, 0.15) is 40.1 Å². The zero-order chi connectivity index (χ0) is 28.9. The Bertz CT molecular complexity index is 1700. The van der Waals surface area contributed by atoms with Crippen LogP contribution in [0.15, 0.2) is 48.9 Å². The molecule has 214 valence electrons. The van der Waals surface area contributed by atoms with Gasteiger partial charge in [0, 0.05) is 36.6 Å². The molecule has 0 spiro atoms. The van der Waals surface area contributed by atoms with Crippen LogP contribution in [-0.2, 0) is 24.0 Å². The molecule has 0 amide bonds. The quantitative estimate of drug-likeness (QED) is 0.214. The fraction of sp³-hybridized carbons (Fsp3) is 0.357. The lowest BCUT2D eigenvalue weighted by Gasteiger charge is -2.27. The molecule has 4 aromatic heterocycles. The van der Waals surface area contributed by atoms with Gasteiger partial charge >= 0.3 is 6.18 Å². The standard InChI is InChI=1S/C28H27ClF3N7O2/c1-4-37-13-22(28(30,31)32)35-27(37)18-7-5-17(6-8-18)12-38-26-21(41-19-14-40-15-19)9-10-33-23(26)24(36-38)25-20(29)11-34-39(25)16(2)3/h5-11,13,16,19H,4,12,14-15H2,1-3H3. The van der Waals surface area contributed by atoms with Crippen LogP contribution in [0.1, 0.15) is 38.1 Å². The van der Waals surface area contributed by atoms with Gasteiger partial charge in [-0.05, 0) is 26.3 Å². The molecule has 0 atom stereocenters. The highest BCUT2D eigenvalue weighted by Gasteiger charge is 2.35. The monoisotopic (exact) mass is 585 g/mol. The van der Waals surface area contributed by atoms with Crippen molar-refractivity contribution >= 4 is 22.6 Å². The average Bonchev–Trinajstić information content (AvgIpc) is 3.62. The number of alkyl halides is 3. The van der Waals surface area contributed by atoms with Crippen LogP contribution in [0.2, 0.25) is 5.02 Å². The van der Waals surface area contributed by atoms with Crippen molar-refractivity contribution in [2.24, 2.45) is 0 Å². The van der Waals surface area contributed by atoms with Crippen molar-refractivity contribution in [3.63, 3.8) is 0 Å². The number of imidazole rings is 1. The van der Waals surface area contributed by atoms with Crippen LogP contribution >= 0.6 is 11.6 Å². The molecule has 41 heavy (non-hydrogen) atoms. The van der Waals surface area contributed by atoms with Gasteiger partial charge in [0.25, 0.3) is 0 Å². The van der Waals surface area contributed by atoms with Crippen LogP contribution in [0.3, 0.4) is 0 Å². The first-order chi connectivity index (χ1) is 19.6. The van der Waals surface area contributed by atoms with Gasteiger partial charge in [-0.1, -0.05) is 35.9 Å². The topological polar surface area (TPSA) is 84.8 Å². The second-order valence-electron chi connectivity index (χ2n) is 10.1. The predicted molar refractivity (Wildman–Crippen MR) is 147 cm³/mol. The molecule has 1 aliphatic heterocycles. The van der Waals surface area contributed by atoms with Gasteiger partial charge in [-0.2, -0.15) is 23.4 Å². The Morgan fingerprint density at radius 2 is 1.90 bits per heavy atom. The van der Waals surface area contributed by atoms with Gasteiger partial charge in [0.2, 0.25) is 0 Å². The summed E-state index contributed by atoms with van der Waals surface area (Å²) >= 11 is 6.59. The van der Waals surface area contributed by atoms with Gasteiger partial charge in [-0.3, -0.25) is 14.3 Å². The third-order valence-electron chi connectivity index (χ3n) is 6.91. The molecular weight excluding hydrogens is 559 g/mol. The molecule has 0 aliphatic carbocycles. The summed E-state index contributed by atoms with van der Waals surface area (Å²) in [6, 6.07) is 9.07. The summed E-state index contributed by atoms with van der Waals surface area (Å²) in [5.41, 5.74) is 3.10. The third kappa shape index (κ3) is 5.06. The van der Waals surface area contributed by atoms with E-state index in [1.165, 1.54) is 4.57 Å². The van der Waals surface area contributed by atoms with Crippen LogP contribution < -0.4 is 4.74 Å². The molecule has 13 heteroatoms. The highest BCUT2D eigenvalue weighted by Crippen LogP contribution is 2.37. The first kappa shape index (κ1) is 27.3. The van der Waals surface area contributed by atoms with Gasteiger partial charge in [-0.25, -0.2) is 4.98 Å². The van der Waals surface area contributed by atoms with Crippen LogP contribution in [-0.4, -0.2) is 53.4 Å². The number of ether oxygens (including phenoxy) is 2. The minimum atomic E-state index is -4.51. The summed E-state index contributed by atoms with van der Waals surface area (Å²) < 4.78 is 56.5. The molecule has 1 aromatic carbocycles. The van der Waals surface area contributed by atoms with Crippen molar-refractivity contribution in [1.82, 2.24) is 34.1 Å². The summed E-state index contributed by atoms with van der Waals surface area (Å²) in [6.45, 7) is 7.51. The van der Waals surface area contributed by atoms with E-state index in [1.807, 2.05) is 35.3 Å². The third-order valence-corrected chi connectivity index (χ3v) is 7.18. The number of hydrogen-bond acceptors (Lipinski definition) is 6. The van der Waals surface area contributed by atoms with Crippen molar-refractivity contribution in [2.45, 2.75) is 52.2 Å². The number of nitrogens with zero attached hydrogens (tertiary/aromatic N) is 7. The number of fused-ring (bicyclic) bond motifs is 1. The summed E-state index contributed by atoms with van der Waals surface area (Å²) in [6.07, 6.45) is -0.273. The predicted octanol–water partition coefficient (Wildman–Crippen LogP) is 6.26. The van der Waals surface area contributed by atoms with Crippen molar-refractivity contribution in [3.05, 3.63) is 65.2 Å². The maximum Gasteiger partial charge on any atom is 0.434 e. The van der Waals surface area contributed by atoms with E-state index in [4.69, 9.17) is 26.2 Å². The molecule has 0 bridgehead atoms. The summed E-state index contributed by atoms with van der Waals surface area (Å²) in [7, 11) is 0. The fourth-order valence-corrected chi connectivity index (χ4v) is 5.04. The van der Waals surface area contributed by atoms with Gasteiger partial charge in [-0.15, -0.1) is 0 Å². The first-order valence-corrected chi connectivity index (χ1v) is 13.6. The largest absolute Gasteiger partial charge is 0.483 e. The zero-order valence-electron chi connectivity index (χ0n) is 22.6. The number of hydrogen-bond donors (Lipinski definition) is 0. The Balaban J connectivity index is 1.40. The second kappa shape index (κ2) is 10.5. The second-order valence-corrected chi connectivity index (χ2v) is 10.5. The molecule has 5 heterocycles. The molecule has 1 aliphatic rings. The first-order valence-electron chi connectivity index (χ1n) is 13.2. The van der Waals surface area contributed by atoms with Crippen molar-refractivity contribution < 1.29 is 22.6 Å². The van der Waals surface area contributed by atoms with E-state index in [-0.39, 0.29) is 18.0 Å². The molecule has 0 N–H and O–H groups in total. The zero-order valence-corrected chi connectivity index (χ0v) is 23.3. The molecule has 0 unspecified atom stereocenters. The lowest BCUT2D eigenvalue weighted by molar-refractivity contribution is -0.140. The van der Waals surface area contributed by atoms with Gasteiger partial charge < -0.3 is 14.0 Å². The Labute approximate surface area is 238 Å². The minimum absolute atomic E-state index is 0.0327. The van der Waals surface area contributed by atoms with Crippen LogP contribution in [0.25, 0.3) is 33.8 Å². The molecule has 6 rings (SSSR count). The number of aryl methyl sites for hydroxylation is 1. The molecule has 1 saturated heterocycles. The Hall–Kier alpha value is -3.90. The van der Waals surface area contributed by atoms with Crippen molar-refractivity contribution in [2.75, 3.05) is 13.2 Å². The summed E-state index contributed by atoms with van der Waals surface area (Å²) in [5.74, 6) is 0.882. The van der Waals surface area contributed by atoms with E-state index >= 15 is 0 Å². The SMILES string of the molecule is CCn1cc(C(F)(F)F)nc1-c1ccc(Cn2nc(-c3c(Cl)cnn3C(C)C)c3nccc(OC4COC4)c32)cc1. The number of rotatable bonds is 8. The minimum Gasteiger partial charge on any atom is -0.483 e. The van der Waals surface area contributed by atoms with Crippen molar-refractivity contribution in [1.29, 1.82) is 0 Å². The molecule has 1 fully saturated rings.